The minimum atomic E-state index is -0.309. The first-order valence-electron chi connectivity index (χ1n) is 8.98. The van der Waals surface area contributed by atoms with Crippen LogP contribution in [-0.4, -0.2) is 27.2 Å². The molecule has 0 aromatic heterocycles. The topological polar surface area (TPSA) is 56.8 Å². The number of methoxy groups -OCH3 is 3. The average molecular weight is 456 g/mol. The number of hydrogen-bond donors (Lipinski definition) is 1. The highest BCUT2D eigenvalue weighted by atomic mass is 79.9. The summed E-state index contributed by atoms with van der Waals surface area (Å²) in [6.07, 6.45) is 0. The summed E-state index contributed by atoms with van der Waals surface area (Å²) < 4.78 is 17.0. The summed E-state index contributed by atoms with van der Waals surface area (Å²) in [5, 5.41) is 3.12. The van der Waals surface area contributed by atoms with E-state index in [1.807, 2.05) is 54.6 Å². The van der Waals surface area contributed by atoms with Crippen LogP contribution in [0, 0.1) is 0 Å². The molecule has 3 aromatic rings. The second-order valence-corrected chi connectivity index (χ2v) is 7.20. The molecule has 6 heteroatoms. The van der Waals surface area contributed by atoms with Crippen molar-refractivity contribution in [2.24, 2.45) is 0 Å². The van der Waals surface area contributed by atoms with Crippen LogP contribution in [0.3, 0.4) is 0 Å². The van der Waals surface area contributed by atoms with Crippen LogP contribution in [0.5, 0.6) is 17.2 Å². The molecule has 29 heavy (non-hydrogen) atoms. The van der Waals surface area contributed by atoms with Gasteiger partial charge in [0.2, 0.25) is 5.75 Å². The van der Waals surface area contributed by atoms with Crippen molar-refractivity contribution in [1.82, 2.24) is 5.32 Å². The summed E-state index contributed by atoms with van der Waals surface area (Å²) in [4.78, 5) is 13.1. The van der Waals surface area contributed by atoms with E-state index in [4.69, 9.17) is 14.2 Å². The van der Waals surface area contributed by atoms with Gasteiger partial charge >= 0.3 is 0 Å². The fourth-order valence-electron chi connectivity index (χ4n) is 3.09. The van der Waals surface area contributed by atoms with Crippen LogP contribution in [0.15, 0.2) is 71.2 Å². The predicted octanol–water partition coefficient (Wildman–Crippen LogP) is 4.99. The summed E-state index contributed by atoms with van der Waals surface area (Å²) in [6, 6.07) is 20.7. The molecule has 0 aliphatic carbocycles. The third-order valence-electron chi connectivity index (χ3n) is 4.54. The monoisotopic (exact) mass is 455 g/mol. The molecule has 1 atom stereocenters. The number of carbonyl (C=O) groups excluding carboxylic acids is 1. The fourth-order valence-corrected chi connectivity index (χ4v) is 3.35. The van der Waals surface area contributed by atoms with Gasteiger partial charge < -0.3 is 19.5 Å². The Hall–Kier alpha value is -2.99. The highest BCUT2D eigenvalue weighted by molar-refractivity contribution is 9.10. The summed E-state index contributed by atoms with van der Waals surface area (Å²) >= 11 is 3.46. The molecule has 3 aromatic carbocycles. The molecular formula is C23H22BrNO4. The van der Waals surface area contributed by atoms with E-state index in [2.05, 4.69) is 21.2 Å². The summed E-state index contributed by atoms with van der Waals surface area (Å²) in [7, 11) is 4.57. The van der Waals surface area contributed by atoms with Crippen molar-refractivity contribution in [3.63, 3.8) is 0 Å². The first kappa shape index (κ1) is 20.7. The van der Waals surface area contributed by atoms with Gasteiger partial charge in [0.05, 0.1) is 27.4 Å². The molecule has 150 valence electrons. The SMILES string of the molecule is COc1cc(C(=O)N[C@H](c2ccccc2)c2ccc(Br)cc2)cc(OC)c1OC. The molecule has 3 rings (SSSR count). The molecular weight excluding hydrogens is 434 g/mol. The van der Waals surface area contributed by atoms with Gasteiger partial charge in [0.1, 0.15) is 0 Å². The lowest BCUT2D eigenvalue weighted by Crippen LogP contribution is -2.29. The summed E-state index contributed by atoms with van der Waals surface area (Å²) in [6.45, 7) is 0. The fraction of sp³-hybridized carbons (Fsp3) is 0.174. The third-order valence-corrected chi connectivity index (χ3v) is 5.07. The highest BCUT2D eigenvalue weighted by Gasteiger charge is 2.21. The van der Waals surface area contributed by atoms with Crippen molar-refractivity contribution in [1.29, 1.82) is 0 Å². The van der Waals surface area contributed by atoms with E-state index in [-0.39, 0.29) is 11.9 Å². The molecule has 0 bridgehead atoms. The van der Waals surface area contributed by atoms with Crippen LogP contribution >= 0.6 is 15.9 Å². The van der Waals surface area contributed by atoms with E-state index in [1.165, 1.54) is 21.3 Å². The third kappa shape index (κ3) is 4.71. The Labute approximate surface area is 178 Å². The zero-order valence-electron chi connectivity index (χ0n) is 16.4. The minimum Gasteiger partial charge on any atom is -0.493 e. The maximum Gasteiger partial charge on any atom is 0.252 e. The van der Waals surface area contributed by atoms with Crippen LogP contribution in [0.1, 0.15) is 27.5 Å². The second kappa shape index (κ2) is 9.47. The number of ether oxygens (including phenoxy) is 3. The second-order valence-electron chi connectivity index (χ2n) is 6.28. The van der Waals surface area contributed by atoms with Crippen molar-refractivity contribution in [2.75, 3.05) is 21.3 Å². The standard InChI is InChI=1S/C23H22BrNO4/c1-27-19-13-17(14-20(28-2)22(19)29-3)23(26)25-21(15-7-5-4-6-8-15)16-9-11-18(24)12-10-16/h4-14,21H,1-3H3,(H,25,26)/t21-/m1/s1. The van der Waals surface area contributed by atoms with E-state index in [9.17, 15) is 4.79 Å². The number of amides is 1. The molecule has 0 fully saturated rings. The number of nitrogens with one attached hydrogen (secondary N) is 1. The number of hydrogen-bond acceptors (Lipinski definition) is 4. The Kier molecular flexibility index (Phi) is 6.77. The lowest BCUT2D eigenvalue weighted by molar-refractivity contribution is 0.0942. The molecule has 0 aliphatic heterocycles. The molecule has 1 N–H and O–H groups in total. The highest BCUT2D eigenvalue weighted by Crippen LogP contribution is 2.38. The van der Waals surface area contributed by atoms with Crippen molar-refractivity contribution in [3.05, 3.63) is 87.9 Å². The van der Waals surface area contributed by atoms with Gasteiger partial charge in [-0.3, -0.25) is 4.79 Å². The van der Waals surface area contributed by atoms with Gasteiger partial charge in [-0.05, 0) is 35.4 Å². The van der Waals surface area contributed by atoms with Gasteiger partial charge in [0.15, 0.2) is 11.5 Å². The molecule has 0 saturated heterocycles. The normalized spacial score (nSPS) is 11.4. The van der Waals surface area contributed by atoms with Crippen molar-refractivity contribution >= 4 is 21.8 Å². The molecule has 0 saturated carbocycles. The average Bonchev–Trinajstić information content (AvgIpc) is 2.77. The lowest BCUT2D eigenvalue weighted by atomic mass is 9.98. The van der Waals surface area contributed by atoms with Gasteiger partial charge in [-0.25, -0.2) is 0 Å². The first-order chi connectivity index (χ1) is 14.1. The lowest BCUT2D eigenvalue weighted by Gasteiger charge is -2.21. The Morgan fingerprint density at radius 1 is 0.828 bits per heavy atom. The van der Waals surface area contributed by atoms with Gasteiger partial charge in [0.25, 0.3) is 5.91 Å². The molecule has 0 aliphatic rings. The van der Waals surface area contributed by atoms with Crippen molar-refractivity contribution in [3.8, 4) is 17.2 Å². The number of rotatable bonds is 7. The zero-order valence-corrected chi connectivity index (χ0v) is 18.0. The molecule has 0 unspecified atom stereocenters. The maximum absolute atomic E-state index is 13.1. The maximum atomic E-state index is 13.1. The molecule has 5 nitrogen and oxygen atoms in total. The largest absolute Gasteiger partial charge is 0.493 e. The summed E-state index contributed by atoms with van der Waals surface area (Å²) in [5.74, 6) is 1.05. The molecule has 1 amide bonds. The Morgan fingerprint density at radius 3 is 1.90 bits per heavy atom. The predicted molar refractivity (Wildman–Crippen MR) is 116 cm³/mol. The van der Waals surface area contributed by atoms with Gasteiger partial charge in [0, 0.05) is 10.0 Å². The van der Waals surface area contributed by atoms with Crippen LogP contribution in [0.25, 0.3) is 0 Å². The van der Waals surface area contributed by atoms with Crippen LogP contribution in [0.2, 0.25) is 0 Å². The van der Waals surface area contributed by atoms with Crippen LogP contribution in [-0.2, 0) is 0 Å². The van der Waals surface area contributed by atoms with Gasteiger partial charge in [-0.1, -0.05) is 58.4 Å². The van der Waals surface area contributed by atoms with E-state index in [1.54, 1.807) is 12.1 Å². The van der Waals surface area contributed by atoms with E-state index >= 15 is 0 Å². The van der Waals surface area contributed by atoms with E-state index in [0.717, 1.165) is 15.6 Å². The molecule has 0 spiro atoms. The Balaban J connectivity index is 1.98. The van der Waals surface area contributed by atoms with E-state index in [0.29, 0.717) is 22.8 Å². The van der Waals surface area contributed by atoms with Crippen LogP contribution < -0.4 is 19.5 Å². The van der Waals surface area contributed by atoms with Crippen molar-refractivity contribution < 1.29 is 19.0 Å². The quantitative estimate of drug-likeness (QED) is 0.544. The van der Waals surface area contributed by atoms with Crippen LogP contribution in [0.4, 0.5) is 0 Å². The van der Waals surface area contributed by atoms with Gasteiger partial charge in [-0.15, -0.1) is 0 Å². The Morgan fingerprint density at radius 2 is 1.38 bits per heavy atom. The van der Waals surface area contributed by atoms with E-state index < -0.39 is 0 Å². The first-order valence-corrected chi connectivity index (χ1v) is 9.78. The molecule has 0 radical (unpaired) electrons. The van der Waals surface area contributed by atoms with Crippen molar-refractivity contribution in [2.45, 2.75) is 6.04 Å². The zero-order chi connectivity index (χ0) is 20.8. The summed E-state index contributed by atoms with van der Waals surface area (Å²) in [5.41, 5.74) is 2.37. The van der Waals surface area contributed by atoms with Gasteiger partial charge in [-0.2, -0.15) is 0 Å². The number of carbonyl (C=O) groups is 1. The molecule has 0 heterocycles. The smallest absolute Gasteiger partial charge is 0.252 e. The minimum absolute atomic E-state index is 0.249. The Bertz CT molecular complexity index is 949. The number of halogens is 1. The number of benzene rings is 3.